The number of esters is 1. The number of aryl methyl sites for hydroxylation is 1. The molecule has 2 heterocycles. The second kappa shape index (κ2) is 5.17. The third-order valence-electron chi connectivity index (χ3n) is 3.16. The van der Waals surface area contributed by atoms with E-state index in [1.807, 2.05) is 54.3 Å². The largest absolute Gasteiger partial charge is 0.456 e. The lowest BCUT2D eigenvalue weighted by atomic mass is 10.2. The minimum Gasteiger partial charge on any atom is -0.456 e. The quantitative estimate of drug-likeness (QED) is 0.585. The summed E-state index contributed by atoms with van der Waals surface area (Å²) in [7, 11) is 1.90. The molecule has 1 N–H and O–H groups in total. The van der Waals surface area contributed by atoms with Crippen molar-refractivity contribution in [3.63, 3.8) is 0 Å². The van der Waals surface area contributed by atoms with Gasteiger partial charge in [-0.3, -0.25) is 0 Å². The molecule has 0 aliphatic heterocycles. The Morgan fingerprint density at radius 3 is 2.70 bits per heavy atom. The maximum Gasteiger partial charge on any atom is 0.338 e. The van der Waals surface area contributed by atoms with Crippen molar-refractivity contribution < 1.29 is 14.1 Å². The smallest absolute Gasteiger partial charge is 0.338 e. The van der Waals surface area contributed by atoms with Crippen molar-refractivity contribution in [1.29, 1.82) is 0 Å². The number of nitrogens with one attached hydrogen (secondary N) is 1. The minimum atomic E-state index is -0.316. The number of hydrogen-bond donors (Lipinski definition) is 1. The summed E-state index contributed by atoms with van der Waals surface area (Å²) in [5.74, 6) is -0.316. The molecule has 4 heteroatoms. The van der Waals surface area contributed by atoms with Crippen LogP contribution in [0.25, 0.3) is 10.9 Å². The molecule has 0 saturated heterocycles. The van der Waals surface area contributed by atoms with Gasteiger partial charge in [0, 0.05) is 17.6 Å². The number of fused-ring (bicyclic) bond motifs is 1. The molecule has 0 saturated carbocycles. The molecule has 0 spiro atoms. The van der Waals surface area contributed by atoms with E-state index in [-0.39, 0.29) is 12.6 Å². The lowest BCUT2D eigenvalue weighted by Crippen LogP contribution is -2.26. The lowest BCUT2D eigenvalue weighted by Gasteiger charge is -2.02. The van der Waals surface area contributed by atoms with E-state index < -0.39 is 0 Å². The van der Waals surface area contributed by atoms with Gasteiger partial charge in [0.2, 0.25) is 0 Å². The standard InChI is InChI=1S/C16H14N2O2/c1-18-8-6-12(7-9-18)16(19)20-11-14-10-13-4-2-3-5-15(13)17-14/h2-10H,11H2,1H3/p+1. The molecule has 3 rings (SSSR count). The Hall–Kier alpha value is -2.62. The van der Waals surface area contributed by atoms with Gasteiger partial charge in [-0.1, -0.05) is 18.2 Å². The van der Waals surface area contributed by atoms with Crippen molar-refractivity contribution in [3.05, 3.63) is 66.1 Å². The van der Waals surface area contributed by atoms with Gasteiger partial charge in [-0.15, -0.1) is 0 Å². The molecule has 20 heavy (non-hydrogen) atoms. The molecule has 0 atom stereocenters. The molecule has 0 unspecified atom stereocenters. The SMILES string of the molecule is C[n+]1ccc(C(=O)OCc2cc3ccccc3[nH]2)cc1. The van der Waals surface area contributed by atoms with E-state index in [0.29, 0.717) is 5.56 Å². The van der Waals surface area contributed by atoms with E-state index in [0.717, 1.165) is 16.6 Å². The molecule has 0 amide bonds. The summed E-state index contributed by atoms with van der Waals surface area (Å²) in [6.45, 7) is 0.245. The number of pyridine rings is 1. The first kappa shape index (κ1) is 12.4. The fourth-order valence-electron chi connectivity index (χ4n) is 2.07. The molecule has 0 aliphatic rings. The topological polar surface area (TPSA) is 46.0 Å². The third kappa shape index (κ3) is 2.54. The molecule has 3 aromatic rings. The van der Waals surface area contributed by atoms with E-state index in [1.54, 1.807) is 12.1 Å². The number of H-pyrrole nitrogens is 1. The normalized spacial score (nSPS) is 10.7. The maximum absolute atomic E-state index is 11.9. The number of hydrogen-bond acceptors (Lipinski definition) is 2. The summed E-state index contributed by atoms with van der Waals surface area (Å²) in [4.78, 5) is 15.1. The van der Waals surface area contributed by atoms with Gasteiger partial charge >= 0.3 is 5.97 Å². The zero-order valence-corrected chi connectivity index (χ0v) is 11.2. The van der Waals surface area contributed by atoms with Crippen molar-refractivity contribution in [2.24, 2.45) is 7.05 Å². The Labute approximate surface area is 116 Å². The summed E-state index contributed by atoms with van der Waals surface area (Å²) >= 11 is 0. The first-order chi connectivity index (χ1) is 9.72. The summed E-state index contributed by atoms with van der Waals surface area (Å²) in [5, 5.41) is 1.12. The zero-order chi connectivity index (χ0) is 13.9. The number of carbonyl (C=O) groups is 1. The lowest BCUT2D eigenvalue weighted by molar-refractivity contribution is -0.671. The van der Waals surface area contributed by atoms with E-state index >= 15 is 0 Å². The van der Waals surface area contributed by atoms with Gasteiger partial charge in [-0.05, 0) is 17.5 Å². The molecule has 0 bridgehead atoms. The Morgan fingerprint density at radius 1 is 1.20 bits per heavy atom. The average molecular weight is 267 g/mol. The van der Waals surface area contributed by atoms with Crippen molar-refractivity contribution >= 4 is 16.9 Å². The number of ether oxygens (including phenoxy) is 1. The Bertz CT molecular complexity index is 712. The van der Waals surface area contributed by atoms with E-state index in [2.05, 4.69) is 4.98 Å². The first-order valence-corrected chi connectivity index (χ1v) is 6.41. The highest BCUT2D eigenvalue weighted by Crippen LogP contribution is 2.15. The fraction of sp³-hybridized carbons (Fsp3) is 0.125. The van der Waals surface area contributed by atoms with Crippen LogP contribution in [0.4, 0.5) is 0 Å². The van der Waals surface area contributed by atoms with Gasteiger partial charge in [0.15, 0.2) is 12.4 Å². The molecule has 1 aromatic carbocycles. The van der Waals surface area contributed by atoms with Crippen LogP contribution in [0.3, 0.4) is 0 Å². The molecule has 0 aliphatic carbocycles. The molecule has 4 nitrogen and oxygen atoms in total. The first-order valence-electron chi connectivity index (χ1n) is 6.41. The Balaban J connectivity index is 1.69. The highest BCUT2D eigenvalue weighted by molar-refractivity contribution is 5.89. The van der Waals surface area contributed by atoms with E-state index in [4.69, 9.17) is 4.74 Å². The summed E-state index contributed by atoms with van der Waals surface area (Å²) < 4.78 is 7.17. The van der Waals surface area contributed by atoms with Crippen LogP contribution in [-0.4, -0.2) is 11.0 Å². The van der Waals surface area contributed by atoms with Crippen molar-refractivity contribution in [2.75, 3.05) is 0 Å². The van der Waals surface area contributed by atoms with E-state index in [9.17, 15) is 4.79 Å². The number of aromatic amines is 1. The van der Waals surface area contributed by atoms with Crippen molar-refractivity contribution in [2.45, 2.75) is 6.61 Å². The summed E-state index contributed by atoms with van der Waals surface area (Å²) in [5.41, 5.74) is 2.49. The van der Waals surface area contributed by atoms with Crippen LogP contribution in [0.1, 0.15) is 16.1 Å². The number of aromatic nitrogens is 2. The van der Waals surface area contributed by atoms with Crippen LogP contribution in [0.2, 0.25) is 0 Å². The Morgan fingerprint density at radius 2 is 1.95 bits per heavy atom. The molecule has 0 fully saturated rings. The molecule has 100 valence electrons. The number of rotatable bonds is 3. The second-order valence-electron chi connectivity index (χ2n) is 4.71. The zero-order valence-electron chi connectivity index (χ0n) is 11.2. The van der Waals surface area contributed by atoms with Gasteiger partial charge in [0.25, 0.3) is 0 Å². The summed E-state index contributed by atoms with van der Waals surface area (Å²) in [6, 6.07) is 13.5. The molecular formula is C16H15N2O2+. The predicted molar refractivity (Wildman–Crippen MR) is 75.0 cm³/mol. The number of benzene rings is 1. The monoisotopic (exact) mass is 267 g/mol. The number of nitrogens with zero attached hydrogens (tertiary/aromatic N) is 1. The van der Waals surface area contributed by atoms with Crippen LogP contribution >= 0.6 is 0 Å². The van der Waals surface area contributed by atoms with Gasteiger partial charge in [-0.25, -0.2) is 9.36 Å². The minimum absolute atomic E-state index is 0.245. The van der Waals surface area contributed by atoms with Crippen LogP contribution in [0, 0.1) is 0 Å². The van der Waals surface area contributed by atoms with E-state index in [1.165, 1.54) is 0 Å². The van der Waals surface area contributed by atoms with Crippen LogP contribution in [0.15, 0.2) is 54.9 Å². The average Bonchev–Trinajstić information content (AvgIpc) is 2.88. The van der Waals surface area contributed by atoms with Gasteiger partial charge in [0.05, 0.1) is 11.3 Å². The van der Waals surface area contributed by atoms with Gasteiger partial charge in [-0.2, -0.15) is 0 Å². The van der Waals surface area contributed by atoms with Crippen LogP contribution in [0.5, 0.6) is 0 Å². The third-order valence-corrected chi connectivity index (χ3v) is 3.16. The molecule has 0 radical (unpaired) electrons. The van der Waals surface area contributed by atoms with Crippen molar-refractivity contribution in [1.82, 2.24) is 4.98 Å². The second-order valence-corrected chi connectivity index (χ2v) is 4.71. The van der Waals surface area contributed by atoms with Gasteiger partial charge in [0.1, 0.15) is 13.7 Å². The van der Waals surface area contributed by atoms with Crippen molar-refractivity contribution in [3.8, 4) is 0 Å². The highest BCUT2D eigenvalue weighted by Gasteiger charge is 2.09. The van der Waals surface area contributed by atoms with Gasteiger partial charge < -0.3 is 9.72 Å². The number of para-hydroxylation sites is 1. The molecular weight excluding hydrogens is 252 g/mol. The highest BCUT2D eigenvalue weighted by atomic mass is 16.5. The van der Waals surface area contributed by atoms with Crippen LogP contribution < -0.4 is 4.57 Å². The van der Waals surface area contributed by atoms with Crippen LogP contribution in [-0.2, 0) is 18.4 Å². The fourth-order valence-corrected chi connectivity index (χ4v) is 2.07. The Kier molecular flexibility index (Phi) is 3.21. The number of carbonyl (C=O) groups excluding carboxylic acids is 1. The predicted octanol–water partition coefficient (Wildman–Crippen LogP) is 2.35. The summed E-state index contributed by atoms with van der Waals surface area (Å²) in [6.07, 6.45) is 3.64. The maximum atomic E-state index is 11.9. The molecule has 2 aromatic heterocycles.